The molecule has 110 valence electrons. The maximum absolute atomic E-state index is 12.4. The molecule has 0 amide bonds. The fourth-order valence-corrected chi connectivity index (χ4v) is 2.60. The third-order valence-electron chi connectivity index (χ3n) is 3.33. The van der Waals surface area contributed by atoms with Gasteiger partial charge in [-0.25, -0.2) is 9.98 Å². The van der Waals surface area contributed by atoms with Crippen LogP contribution in [0.3, 0.4) is 0 Å². The molecule has 0 aliphatic heterocycles. The summed E-state index contributed by atoms with van der Waals surface area (Å²) < 4.78 is 0. The van der Waals surface area contributed by atoms with Crippen molar-refractivity contribution in [2.45, 2.75) is 13.8 Å². The second-order valence-electron chi connectivity index (χ2n) is 4.93. The Balaban J connectivity index is 2.06. The number of aryl methyl sites for hydroxylation is 1. The van der Waals surface area contributed by atoms with Gasteiger partial charge in [0.1, 0.15) is 10.9 Å². The first-order valence-corrected chi connectivity index (χ1v) is 6.99. The highest BCUT2D eigenvalue weighted by Gasteiger charge is 2.31. The van der Waals surface area contributed by atoms with Gasteiger partial charge in [0.2, 0.25) is 0 Å². The molecule has 0 bridgehead atoms. The fourth-order valence-electron chi connectivity index (χ4n) is 2.37. The summed E-state index contributed by atoms with van der Waals surface area (Å²) in [7, 11) is 0. The highest BCUT2D eigenvalue weighted by Crippen LogP contribution is 2.32. The quantitative estimate of drug-likeness (QED) is 0.677. The van der Waals surface area contributed by atoms with Gasteiger partial charge in [-0.2, -0.15) is 4.98 Å². The molecule has 0 radical (unpaired) electrons. The van der Waals surface area contributed by atoms with Gasteiger partial charge in [0, 0.05) is 16.8 Å². The van der Waals surface area contributed by atoms with E-state index in [2.05, 4.69) is 15.0 Å². The molecule has 0 fully saturated rings. The first-order chi connectivity index (χ1) is 10.5. The maximum atomic E-state index is 12.4. The Morgan fingerprint density at radius 3 is 2.55 bits per heavy atom. The number of aliphatic hydroxyl groups excluding tert-OH is 1. The molecule has 1 aliphatic rings. The van der Waals surface area contributed by atoms with Crippen LogP contribution in [-0.2, 0) is 0 Å². The number of aromatic nitrogens is 2. The van der Waals surface area contributed by atoms with E-state index < -0.39 is 0 Å². The van der Waals surface area contributed by atoms with E-state index in [1.165, 1.54) is 0 Å². The summed E-state index contributed by atoms with van der Waals surface area (Å²) in [5.74, 6) is -0.166. The molecule has 0 unspecified atom stereocenters. The molecule has 1 aromatic carbocycles. The molecule has 3 rings (SSSR count). The Labute approximate surface area is 132 Å². The van der Waals surface area contributed by atoms with Crippen LogP contribution in [0.15, 0.2) is 40.9 Å². The van der Waals surface area contributed by atoms with Crippen LogP contribution in [0.2, 0.25) is 5.15 Å². The van der Waals surface area contributed by atoms with Crippen LogP contribution < -0.4 is 0 Å². The van der Waals surface area contributed by atoms with E-state index in [0.717, 1.165) is 0 Å². The van der Waals surface area contributed by atoms with Crippen molar-refractivity contribution >= 4 is 34.8 Å². The monoisotopic (exact) mass is 313 g/mol. The van der Waals surface area contributed by atoms with Crippen LogP contribution in [0.4, 0.5) is 5.95 Å². The standard InChI is InChI=1S/C16H12ClN3O2/c1-8-7-12(17)20-16(18-8)19-9(2)13-14(21)10-5-3-4-6-11(10)15(13)22/h3-7,21H,1-2H3/b19-9+. The Morgan fingerprint density at radius 1 is 1.23 bits per heavy atom. The number of rotatable bonds is 2. The second-order valence-corrected chi connectivity index (χ2v) is 5.31. The van der Waals surface area contributed by atoms with E-state index in [4.69, 9.17) is 11.6 Å². The van der Waals surface area contributed by atoms with Crippen molar-refractivity contribution in [3.05, 3.63) is 57.9 Å². The smallest absolute Gasteiger partial charge is 0.251 e. The maximum Gasteiger partial charge on any atom is 0.251 e. The molecule has 22 heavy (non-hydrogen) atoms. The molecule has 1 heterocycles. The van der Waals surface area contributed by atoms with Crippen LogP contribution in [0.1, 0.15) is 28.5 Å². The van der Waals surface area contributed by atoms with Gasteiger partial charge < -0.3 is 5.11 Å². The lowest BCUT2D eigenvalue weighted by Crippen LogP contribution is -2.07. The Bertz CT molecular complexity index is 836. The van der Waals surface area contributed by atoms with Gasteiger partial charge in [0.15, 0.2) is 5.78 Å². The van der Waals surface area contributed by atoms with Crippen molar-refractivity contribution in [1.29, 1.82) is 0 Å². The van der Waals surface area contributed by atoms with Crippen molar-refractivity contribution in [3.63, 3.8) is 0 Å². The number of halogens is 1. The molecule has 0 saturated carbocycles. The Hall–Kier alpha value is -2.53. The summed E-state index contributed by atoms with van der Waals surface area (Å²) in [4.78, 5) is 24.8. The normalized spacial score (nSPS) is 14.5. The summed E-state index contributed by atoms with van der Waals surface area (Å²) in [6, 6.07) is 8.50. The number of carbonyl (C=O) groups excluding carboxylic acids is 1. The average Bonchev–Trinajstić information content (AvgIpc) is 2.70. The van der Waals surface area contributed by atoms with Crippen LogP contribution in [0.25, 0.3) is 5.76 Å². The van der Waals surface area contributed by atoms with Gasteiger partial charge in [-0.15, -0.1) is 0 Å². The number of carbonyl (C=O) groups is 1. The van der Waals surface area contributed by atoms with Gasteiger partial charge in [-0.05, 0) is 19.9 Å². The van der Waals surface area contributed by atoms with Gasteiger partial charge in [-0.3, -0.25) is 4.79 Å². The number of benzene rings is 1. The summed E-state index contributed by atoms with van der Waals surface area (Å²) >= 11 is 5.87. The molecule has 6 heteroatoms. The third kappa shape index (κ3) is 2.40. The van der Waals surface area contributed by atoms with Gasteiger partial charge >= 0.3 is 0 Å². The topological polar surface area (TPSA) is 75.4 Å². The number of fused-ring (bicyclic) bond motifs is 1. The van der Waals surface area contributed by atoms with E-state index in [-0.39, 0.29) is 28.2 Å². The van der Waals surface area contributed by atoms with E-state index in [1.807, 2.05) is 0 Å². The minimum absolute atomic E-state index is 0.0689. The molecule has 0 spiro atoms. The van der Waals surface area contributed by atoms with Crippen LogP contribution in [0, 0.1) is 6.92 Å². The van der Waals surface area contributed by atoms with Gasteiger partial charge in [-0.1, -0.05) is 35.9 Å². The number of aliphatic hydroxyl groups is 1. The molecular weight excluding hydrogens is 302 g/mol. The molecule has 1 aromatic heterocycles. The van der Waals surface area contributed by atoms with E-state index >= 15 is 0 Å². The Kier molecular flexibility index (Phi) is 3.50. The van der Waals surface area contributed by atoms with Gasteiger partial charge in [0.05, 0.1) is 11.3 Å². The van der Waals surface area contributed by atoms with Gasteiger partial charge in [0.25, 0.3) is 5.95 Å². The Morgan fingerprint density at radius 2 is 1.91 bits per heavy atom. The number of ketones is 1. The lowest BCUT2D eigenvalue weighted by molar-refractivity contribution is 0.104. The molecule has 1 N–H and O–H groups in total. The number of nitrogens with zero attached hydrogens (tertiary/aromatic N) is 3. The largest absolute Gasteiger partial charge is 0.506 e. The van der Waals surface area contributed by atoms with Crippen molar-refractivity contribution in [2.75, 3.05) is 0 Å². The summed E-state index contributed by atoms with van der Waals surface area (Å²) in [5.41, 5.74) is 2.17. The molecule has 5 nitrogen and oxygen atoms in total. The van der Waals surface area contributed by atoms with Crippen molar-refractivity contribution in [2.24, 2.45) is 4.99 Å². The first-order valence-electron chi connectivity index (χ1n) is 6.61. The zero-order valence-electron chi connectivity index (χ0n) is 12.0. The average molecular weight is 314 g/mol. The fraction of sp³-hybridized carbons (Fsp3) is 0.125. The summed E-state index contributed by atoms with van der Waals surface area (Å²) in [6.45, 7) is 3.41. The predicted octanol–water partition coefficient (Wildman–Crippen LogP) is 3.70. The van der Waals surface area contributed by atoms with E-state index in [9.17, 15) is 9.90 Å². The molecule has 0 saturated heterocycles. The molecule has 2 aromatic rings. The van der Waals surface area contributed by atoms with Crippen LogP contribution in [0.5, 0.6) is 0 Å². The third-order valence-corrected chi connectivity index (χ3v) is 3.52. The number of Topliss-reactive ketones (excluding diaryl/α,β-unsaturated/α-hetero) is 1. The SMILES string of the molecule is C/C(=N\c1nc(C)cc(Cl)n1)C1=C(O)c2ccccc2C1=O. The number of hydrogen-bond acceptors (Lipinski definition) is 5. The van der Waals surface area contributed by atoms with E-state index in [0.29, 0.717) is 22.5 Å². The molecule has 0 atom stereocenters. The minimum Gasteiger partial charge on any atom is -0.506 e. The highest BCUT2D eigenvalue weighted by molar-refractivity contribution is 6.35. The second kappa shape index (κ2) is 5.35. The van der Waals surface area contributed by atoms with Crippen molar-refractivity contribution in [1.82, 2.24) is 9.97 Å². The lowest BCUT2D eigenvalue weighted by atomic mass is 10.1. The highest BCUT2D eigenvalue weighted by atomic mass is 35.5. The number of aliphatic imine (C=N–C) groups is 1. The zero-order valence-corrected chi connectivity index (χ0v) is 12.7. The summed E-state index contributed by atoms with van der Waals surface area (Å²) in [6.07, 6.45) is 0. The predicted molar refractivity (Wildman–Crippen MR) is 84.9 cm³/mol. The molecular formula is C16H12ClN3O2. The number of hydrogen-bond donors (Lipinski definition) is 1. The summed E-state index contributed by atoms with van der Waals surface area (Å²) in [5, 5.41) is 10.6. The van der Waals surface area contributed by atoms with Crippen LogP contribution >= 0.6 is 11.6 Å². The van der Waals surface area contributed by atoms with Crippen molar-refractivity contribution in [3.8, 4) is 0 Å². The lowest BCUT2D eigenvalue weighted by Gasteiger charge is -2.02. The zero-order chi connectivity index (χ0) is 15.9. The number of allylic oxidation sites excluding steroid dienone is 1. The van der Waals surface area contributed by atoms with E-state index in [1.54, 1.807) is 44.2 Å². The van der Waals surface area contributed by atoms with Crippen molar-refractivity contribution < 1.29 is 9.90 Å². The van der Waals surface area contributed by atoms with Crippen LogP contribution in [-0.4, -0.2) is 26.6 Å². The minimum atomic E-state index is -0.256. The first kappa shape index (κ1) is 14.4. The molecule has 1 aliphatic carbocycles.